The molecule has 3 rings (SSSR count). The van der Waals surface area contributed by atoms with Crippen LogP contribution in [0.1, 0.15) is 24.8 Å². The summed E-state index contributed by atoms with van der Waals surface area (Å²) in [6, 6.07) is 4.07. The van der Waals surface area contributed by atoms with Crippen LogP contribution in [0, 0.1) is 0 Å². The van der Waals surface area contributed by atoms with Crippen LogP contribution in [-0.4, -0.2) is 82.6 Å². The van der Waals surface area contributed by atoms with Gasteiger partial charge in [0.25, 0.3) is 0 Å². The van der Waals surface area contributed by atoms with Crippen molar-refractivity contribution < 1.29 is 9.90 Å². The number of carbonyl (C=O) groups excluding carboxylic acids is 1. The van der Waals surface area contributed by atoms with Gasteiger partial charge in [0, 0.05) is 51.7 Å². The van der Waals surface area contributed by atoms with Crippen LogP contribution >= 0.6 is 0 Å². The zero-order valence-corrected chi connectivity index (χ0v) is 14.3. The molecule has 0 aliphatic carbocycles. The van der Waals surface area contributed by atoms with Gasteiger partial charge in [-0.15, -0.1) is 0 Å². The lowest BCUT2D eigenvalue weighted by Gasteiger charge is -2.31. The van der Waals surface area contributed by atoms with Crippen LogP contribution in [0.15, 0.2) is 24.5 Å². The molecule has 2 aliphatic heterocycles. The van der Waals surface area contributed by atoms with Gasteiger partial charge in [-0.2, -0.15) is 0 Å². The van der Waals surface area contributed by atoms with Crippen molar-refractivity contribution in [3.8, 4) is 0 Å². The van der Waals surface area contributed by atoms with Gasteiger partial charge >= 0.3 is 0 Å². The molecule has 6 heteroatoms. The van der Waals surface area contributed by atoms with Gasteiger partial charge in [0.15, 0.2) is 0 Å². The Morgan fingerprint density at radius 3 is 2.83 bits per heavy atom. The van der Waals surface area contributed by atoms with Gasteiger partial charge in [-0.05, 0) is 37.4 Å². The maximum atomic E-state index is 12.6. The zero-order valence-electron chi connectivity index (χ0n) is 14.3. The van der Waals surface area contributed by atoms with Gasteiger partial charge in [0.1, 0.15) is 0 Å². The largest absolute Gasteiger partial charge is 0.392 e. The number of likely N-dealkylation sites (tertiary alicyclic amines) is 1. The van der Waals surface area contributed by atoms with E-state index in [1.807, 2.05) is 17.2 Å². The second-order valence-corrected chi connectivity index (χ2v) is 6.90. The molecule has 1 aromatic rings. The molecule has 0 bridgehead atoms. The number of rotatable bonds is 4. The van der Waals surface area contributed by atoms with Crippen molar-refractivity contribution in [1.82, 2.24) is 19.7 Å². The topological polar surface area (TPSA) is 59.9 Å². The molecule has 2 aliphatic rings. The summed E-state index contributed by atoms with van der Waals surface area (Å²) in [5, 5.41) is 9.74. The van der Waals surface area contributed by atoms with Crippen molar-refractivity contribution in [1.29, 1.82) is 0 Å². The minimum Gasteiger partial charge on any atom is -0.392 e. The van der Waals surface area contributed by atoms with Crippen LogP contribution in [0.3, 0.4) is 0 Å². The number of carbonyl (C=O) groups is 1. The monoisotopic (exact) mass is 332 g/mol. The molecule has 0 saturated carbocycles. The van der Waals surface area contributed by atoms with Crippen LogP contribution in [0.2, 0.25) is 0 Å². The highest BCUT2D eigenvalue weighted by Gasteiger charge is 2.24. The van der Waals surface area contributed by atoms with E-state index < -0.39 is 0 Å². The van der Waals surface area contributed by atoms with Crippen LogP contribution in [0.4, 0.5) is 0 Å². The van der Waals surface area contributed by atoms with E-state index in [-0.39, 0.29) is 12.0 Å². The highest BCUT2D eigenvalue weighted by Crippen LogP contribution is 2.12. The van der Waals surface area contributed by atoms with Crippen LogP contribution in [-0.2, 0) is 11.3 Å². The first kappa shape index (κ1) is 17.3. The number of aliphatic hydroxyl groups is 1. The summed E-state index contributed by atoms with van der Waals surface area (Å²) in [5.74, 6) is 0.201. The molecule has 24 heavy (non-hydrogen) atoms. The van der Waals surface area contributed by atoms with Crippen molar-refractivity contribution in [2.45, 2.75) is 31.9 Å². The summed E-state index contributed by atoms with van der Waals surface area (Å²) in [6.07, 6.45) is 6.28. The Hall–Kier alpha value is -1.50. The zero-order chi connectivity index (χ0) is 16.8. The molecule has 1 N–H and O–H groups in total. The minimum absolute atomic E-state index is 0.201. The number of nitrogens with zero attached hydrogens (tertiary/aromatic N) is 4. The first-order valence-corrected chi connectivity index (χ1v) is 9.00. The molecule has 0 spiro atoms. The summed E-state index contributed by atoms with van der Waals surface area (Å²) in [5.41, 5.74) is 1.22. The Labute approximate surface area is 144 Å². The third-order valence-corrected chi connectivity index (χ3v) is 4.91. The van der Waals surface area contributed by atoms with Crippen molar-refractivity contribution in [3.05, 3.63) is 30.1 Å². The lowest BCUT2D eigenvalue weighted by molar-refractivity contribution is -0.133. The van der Waals surface area contributed by atoms with E-state index >= 15 is 0 Å². The van der Waals surface area contributed by atoms with Gasteiger partial charge in [-0.1, -0.05) is 6.07 Å². The van der Waals surface area contributed by atoms with E-state index in [4.69, 9.17) is 0 Å². The fraction of sp³-hybridized carbons (Fsp3) is 0.667. The highest BCUT2D eigenvalue weighted by molar-refractivity contribution is 5.78. The Morgan fingerprint density at radius 2 is 2.04 bits per heavy atom. The number of aliphatic hydroxyl groups excluding tert-OH is 1. The fourth-order valence-corrected chi connectivity index (χ4v) is 3.59. The Morgan fingerprint density at radius 1 is 1.17 bits per heavy atom. The van der Waals surface area contributed by atoms with Crippen molar-refractivity contribution in [2.24, 2.45) is 0 Å². The Balaban J connectivity index is 1.47. The standard InChI is InChI=1S/C18H28N4O2/c23-17-5-2-7-21(14-17)15-18(24)22-9-3-8-20(10-11-22)13-16-4-1-6-19-12-16/h1,4,6,12,17,23H,2-3,5,7-11,13-15H2/t17-/m1/s1. The molecule has 0 aromatic carbocycles. The Bertz CT molecular complexity index is 525. The molecule has 3 heterocycles. The second-order valence-electron chi connectivity index (χ2n) is 6.90. The predicted molar refractivity (Wildman–Crippen MR) is 92.4 cm³/mol. The maximum Gasteiger partial charge on any atom is 0.236 e. The number of hydrogen-bond acceptors (Lipinski definition) is 5. The summed E-state index contributed by atoms with van der Waals surface area (Å²) in [6.45, 7) is 6.43. The van der Waals surface area contributed by atoms with Crippen LogP contribution in [0.25, 0.3) is 0 Å². The van der Waals surface area contributed by atoms with Crippen LogP contribution in [0.5, 0.6) is 0 Å². The molecular formula is C18H28N4O2. The van der Waals surface area contributed by atoms with E-state index in [2.05, 4.69) is 20.9 Å². The molecule has 1 atom stereocenters. The number of pyridine rings is 1. The number of piperidine rings is 1. The van der Waals surface area contributed by atoms with Gasteiger partial charge in [-0.3, -0.25) is 19.6 Å². The van der Waals surface area contributed by atoms with E-state index in [1.165, 1.54) is 5.56 Å². The second kappa shape index (κ2) is 8.55. The summed E-state index contributed by atoms with van der Waals surface area (Å²) in [4.78, 5) is 23.2. The van der Waals surface area contributed by atoms with E-state index in [0.29, 0.717) is 13.1 Å². The van der Waals surface area contributed by atoms with E-state index in [1.54, 1.807) is 6.20 Å². The van der Waals surface area contributed by atoms with Gasteiger partial charge in [0.05, 0.1) is 12.6 Å². The molecule has 1 aromatic heterocycles. The first-order valence-electron chi connectivity index (χ1n) is 9.00. The molecule has 0 radical (unpaired) electrons. The molecule has 132 valence electrons. The number of β-amino-alcohol motifs (C(OH)–C–C–N with tert-alkyl or cyclic N) is 1. The van der Waals surface area contributed by atoms with Gasteiger partial charge in [0.2, 0.25) is 5.91 Å². The molecule has 2 fully saturated rings. The summed E-state index contributed by atoms with van der Waals surface area (Å²) >= 11 is 0. The highest BCUT2D eigenvalue weighted by atomic mass is 16.3. The quantitative estimate of drug-likeness (QED) is 0.874. The normalized spacial score (nSPS) is 23.9. The summed E-state index contributed by atoms with van der Waals surface area (Å²) < 4.78 is 0. The third-order valence-electron chi connectivity index (χ3n) is 4.91. The smallest absolute Gasteiger partial charge is 0.236 e. The molecule has 2 saturated heterocycles. The minimum atomic E-state index is -0.273. The third kappa shape index (κ3) is 5.00. The summed E-state index contributed by atoms with van der Waals surface area (Å²) in [7, 11) is 0. The molecule has 6 nitrogen and oxygen atoms in total. The van der Waals surface area contributed by atoms with Crippen molar-refractivity contribution in [2.75, 3.05) is 45.8 Å². The number of aromatic nitrogens is 1. The lowest BCUT2D eigenvalue weighted by atomic mass is 10.1. The average Bonchev–Trinajstić information content (AvgIpc) is 2.81. The van der Waals surface area contributed by atoms with Gasteiger partial charge < -0.3 is 10.0 Å². The van der Waals surface area contributed by atoms with Gasteiger partial charge in [-0.25, -0.2) is 0 Å². The molecule has 1 amide bonds. The van der Waals surface area contributed by atoms with Crippen molar-refractivity contribution in [3.63, 3.8) is 0 Å². The SMILES string of the molecule is O=C(CN1CCC[C@@H](O)C1)N1CCCN(Cc2cccnc2)CC1. The Kier molecular flexibility index (Phi) is 6.18. The molecular weight excluding hydrogens is 304 g/mol. The number of amides is 1. The molecule has 0 unspecified atom stereocenters. The van der Waals surface area contributed by atoms with Crippen LogP contribution < -0.4 is 0 Å². The number of hydrogen-bond donors (Lipinski definition) is 1. The van der Waals surface area contributed by atoms with E-state index in [9.17, 15) is 9.90 Å². The predicted octanol–water partition coefficient (Wildman–Crippen LogP) is 0.573. The fourth-order valence-electron chi connectivity index (χ4n) is 3.59. The average molecular weight is 332 g/mol. The van der Waals surface area contributed by atoms with Crippen molar-refractivity contribution >= 4 is 5.91 Å². The maximum absolute atomic E-state index is 12.6. The van der Waals surface area contributed by atoms with E-state index in [0.717, 1.165) is 58.5 Å². The lowest BCUT2D eigenvalue weighted by Crippen LogP contribution is -2.46. The first-order chi connectivity index (χ1) is 11.7.